The quantitative estimate of drug-likeness (QED) is 0.186. The molecule has 14 heteroatoms. The van der Waals surface area contributed by atoms with Gasteiger partial charge in [-0.2, -0.15) is 18.2 Å². The Morgan fingerprint density at radius 1 is 1.18 bits per heavy atom. The predicted octanol–water partition coefficient (Wildman–Crippen LogP) is 5.62. The summed E-state index contributed by atoms with van der Waals surface area (Å²) >= 11 is 7.17. The van der Waals surface area contributed by atoms with Crippen LogP contribution in [0, 0.1) is 5.82 Å². The van der Waals surface area contributed by atoms with Crippen LogP contribution in [0.4, 0.5) is 23.4 Å². The van der Waals surface area contributed by atoms with Crippen molar-refractivity contribution in [2.45, 2.75) is 49.7 Å². The molecule has 3 heterocycles. The van der Waals surface area contributed by atoms with Crippen LogP contribution in [0.25, 0.3) is 22.0 Å². The van der Waals surface area contributed by atoms with Gasteiger partial charge in [0.15, 0.2) is 0 Å². The number of hydrogen-bond donors (Lipinski definition) is 0. The minimum absolute atomic E-state index is 0.0513. The molecule has 0 N–H and O–H groups in total. The van der Waals surface area contributed by atoms with Crippen LogP contribution in [0.1, 0.15) is 19.4 Å². The lowest BCUT2D eigenvalue weighted by atomic mass is 9.96. The summed E-state index contributed by atoms with van der Waals surface area (Å²) in [6, 6.07) is 3.75. The number of alkyl halides is 3. The Balaban J connectivity index is 1.78. The van der Waals surface area contributed by atoms with Gasteiger partial charge in [-0.1, -0.05) is 24.2 Å². The number of benzene rings is 2. The Labute approximate surface area is 260 Å². The van der Waals surface area contributed by atoms with Crippen LogP contribution in [0.5, 0.6) is 0 Å². The average Bonchev–Trinajstić information content (AvgIpc) is 3.16. The van der Waals surface area contributed by atoms with Gasteiger partial charge in [0.25, 0.3) is 0 Å². The van der Waals surface area contributed by atoms with Crippen molar-refractivity contribution in [1.29, 1.82) is 0 Å². The maximum Gasteiger partial charge on any atom is 0.417 e. The molecule has 8 nitrogen and oxygen atoms in total. The first kappa shape index (κ1) is 32.3. The van der Waals surface area contributed by atoms with Gasteiger partial charge in [0.05, 0.1) is 42.0 Å². The maximum atomic E-state index is 14.9. The maximum absolute atomic E-state index is 14.9. The number of hydrogen-bond acceptors (Lipinski definition) is 7. The topological polar surface area (TPSA) is 76.9 Å². The minimum Gasteiger partial charge on any atom is -0.382 e. The van der Waals surface area contributed by atoms with Crippen molar-refractivity contribution >= 4 is 46.0 Å². The fourth-order valence-electron chi connectivity index (χ4n) is 5.97. The van der Waals surface area contributed by atoms with Crippen molar-refractivity contribution in [1.82, 2.24) is 14.5 Å². The molecule has 0 saturated carbocycles. The number of halogens is 5. The molecule has 44 heavy (non-hydrogen) atoms. The van der Waals surface area contributed by atoms with Crippen LogP contribution < -0.4 is 10.6 Å². The van der Waals surface area contributed by atoms with Gasteiger partial charge in [-0.3, -0.25) is 9.36 Å². The van der Waals surface area contributed by atoms with Crippen molar-refractivity contribution in [3.05, 3.63) is 63.8 Å². The van der Waals surface area contributed by atoms with Crippen LogP contribution in [0.2, 0.25) is 5.02 Å². The fourth-order valence-corrected chi connectivity index (χ4v) is 7.44. The van der Waals surface area contributed by atoms with Crippen LogP contribution in [0.3, 0.4) is 0 Å². The second kappa shape index (κ2) is 12.7. The zero-order valence-electron chi connectivity index (χ0n) is 24.3. The van der Waals surface area contributed by atoms with E-state index < -0.39 is 29.4 Å². The Hall–Kier alpha value is -3.13. The number of carbonyl (C=O) groups is 1. The summed E-state index contributed by atoms with van der Waals surface area (Å²) in [5, 5.41) is -0.193. The van der Waals surface area contributed by atoms with E-state index in [1.165, 1.54) is 23.8 Å². The molecule has 0 aliphatic carbocycles. The molecule has 5 rings (SSSR count). The molecule has 1 aromatic heterocycles. The molecule has 2 aliphatic rings. The van der Waals surface area contributed by atoms with Gasteiger partial charge < -0.3 is 19.3 Å². The number of carbonyl (C=O) groups excluding carboxylic acids is 1. The molecule has 1 saturated heterocycles. The van der Waals surface area contributed by atoms with Crippen molar-refractivity contribution < 1.29 is 31.8 Å². The summed E-state index contributed by atoms with van der Waals surface area (Å²) < 4.78 is 71.2. The van der Waals surface area contributed by atoms with Gasteiger partial charge in [-0.15, -0.1) is 11.8 Å². The van der Waals surface area contributed by atoms with Crippen LogP contribution in [-0.2, 0) is 27.0 Å². The summed E-state index contributed by atoms with van der Waals surface area (Å²) in [7, 11) is 1.52. The van der Waals surface area contributed by atoms with E-state index in [-0.39, 0.29) is 87.8 Å². The van der Waals surface area contributed by atoms with E-state index in [9.17, 15) is 27.2 Å². The number of aromatic nitrogens is 2. The first-order chi connectivity index (χ1) is 20.8. The fraction of sp³-hybridized carbons (Fsp3) is 0.433. The largest absolute Gasteiger partial charge is 0.417 e. The van der Waals surface area contributed by atoms with E-state index in [4.69, 9.17) is 21.1 Å². The molecule has 1 fully saturated rings. The smallest absolute Gasteiger partial charge is 0.382 e. The lowest BCUT2D eigenvalue weighted by molar-refractivity contribution is -0.137. The highest BCUT2D eigenvalue weighted by Gasteiger charge is 2.40. The number of amides is 1. The molecule has 3 atom stereocenters. The van der Waals surface area contributed by atoms with Crippen molar-refractivity contribution in [2.24, 2.45) is 0 Å². The summed E-state index contributed by atoms with van der Waals surface area (Å²) in [6.07, 6.45) is -4.14. The molecule has 0 radical (unpaired) electrons. The molecule has 3 aromatic rings. The zero-order valence-corrected chi connectivity index (χ0v) is 25.9. The molecular weight excluding hydrogens is 624 g/mol. The van der Waals surface area contributed by atoms with Crippen LogP contribution >= 0.6 is 23.4 Å². The second-order valence-corrected chi connectivity index (χ2v) is 12.3. The third-order valence-electron chi connectivity index (χ3n) is 7.80. The summed E-state index contributed by atoms with van der Waals surface area (Å²) in [5.41, 5.74) is -1.49. The third kappa shape index (κ3) is 6.07. The highest BCUT2D eigenvalue weighted by molar-refractivity contribution is 7.99. The predicted molar refractivity (Wildman–Crippen MR) is 162 cm³/mol. The lowest BCUT2D eigenvalue weighted by Crippen LogP contribution is -2.58. The lowest BCUT2D eigenvalue weighted by Gasteiger charge is -2.44. The molecular formula is C30H31ClF4N4O4S. The number of rotatable bonds is 7. The first-order valence-electron chi connectivity index (χ1n) is 13.9. The van der Waals surface area contributed by atoms with E-state index in [0.29, 0.717) is 6.61 Å². The second-order valence-electron chi connectivity index (χ2n) is 10.8. The van der Waals surface area contributed by atoms with E-state index in [2.05, 4.69) is 11.6 Å². The monoisotopic (exact) mass is 654 g/mol. The molecule has 2 aliphatic heterocycles. The number of thioether (sulfide) groups is 1. The van der Waals surface area contributed by atoms with Gasteiger partial charge in [-0.25, -0.2) is 9.18 Å². The Morgan fingerprint density at radius 3 is 2.50 bits per heavy atom. The number of nitrogens with zero attached hydrogens (tertiary/aromatic N) is 4. The first-order valence-corrected chi connectivity index (χ1v) is 15.3. The Kier molecular flexibility index (Phi) is 9.31. The molecule has 236 valence electrons. The summed E-state index contributed by atoms with van der Waals surface area (Å²) in [4.78, 5) is 34.2. The summed E-state index contributed by atoms with van der Waals surface area (Å²) in [6.45, 7) is 8.25. The third-order valence-corrected chi connectivity index (χ3v) is 9.31. The van der Waals surface area contributed by atoms with E-state index in [1.54, 1.807) is 9.80 Å². The van der Waals surface area contributed by atoms with E-state index in [1.807, 2.05) is 13.8 Å². The number of ether oxygens (including phenoxy) is 2. The normalized spacial score (nSPS) is 20.6. The number of piperazine rings is 1. The Bertz CT molecular complexity index is 1650. The average molecular weight is 655 g/mol. The summed E-state index contributed by atoms with van der Waals surface area (Å²) in [5.74, 6) is -0.700. The highest BCUT2D eigenvalue weighted by Crippen LogP contribution is 2.48. The van der Waals surface area contributed by atoms with Gasteiger partial charge >= 0.3 is 11.9 Å². The number of methoxy groups -OCH3 is 1. The molecule has 1 unspecified atom stereocenters. The molecule has 2 aromatic carbocycles. The zero-order chi connectivity index (χ0) is 31.9. The minimum atomic E-state index is -4.82. The SMILES string of the molecule is C=CC(=O)N1[C@H](C)CN(c2nc(=O)n3c4c(c(-c5ccc(F)c(Cl)c5)c(C(F)(F)F)cc24)SCC(OCCOC)C3)C[C@@H]1C. The van der Waals surface area contributed by atoms with Gasteiger partial charge in [0, 0.05) is 53.9 Å². The highest BCUT2D eigenvalue weighted by atomic mass is 35.5. The van der Waals surface area contributed by atoms with E-state index in [0.717, 1.165) is 30.0 Å². The number of anilines is 1. The van der Waals surface area contributed by atoms with Crippen molar-refractivity contribution in [3.8, 4) is 11.1 Å². The molecule has 0 bridgehead atoms. The molecule has 0 spiro atoms. The Morgan fingerprint density at radius 2 is 1.89 bits per heavy atom. The van der Waals surface area contributed by atoms with Gasteiger partial charge in [0.2, 0.25) is 5.91 Å². The van der Waals surface area contributed by atoms with E-state index >= 15 is 0 Å². The van der Waals surface area contributed by atoms with Gasteiger partial charge in [0.1, 0.15) is 11.6 Å². The standard InChI is InChI=1S/C30H31ClF4N4O4S/c1-5-24(40)39-16(2)12-37(13-17(39)3)28-20-11-21(30(33,34)35)25(18-6-7-23(32)22(31)10-18)27-26(20)38(29(41)36-28)14-19(15-44-27)43-9-8-42-4/h5-7,10-11,16-17,19H,1,8-9,12-15H2,2-4H3/t16-,17+,19?. The van der Waals surface area contributed by atoms with Gasteiger partial charge in [-0.05, 0) is 43.7 Å². The van der Waals surface area contributed by atoms with Crippen LogP contribution in [-0.4, -0.2) is 77.7 Å². The van der Waals surface area contributed by atoms with Crippen molar-refractivity contribution in [3.63, 3.8) is 0 Å². The molecule has 1 amide bonds. The van der Waals surface area contributed by atoms with Crippen molar-refractivity contribution in [2.75, 3.05) is 44.1 Å². The van der Waals surface area contributed by atoms with Crippen LogP contribution in [0.15, 0.2) is 46.6 Å².